The molecule has 2 heterocycles. The highest BCUT2D eigenvalue weighted by Crippen LogP contribution is 2.22. The number of unbranched alkanes of at least 4 members (excludes halogenated alkanes) is 1. The third-order valence-corrected chi connectivity index (χ3v) is 6.81. The molecule has 2 rings (SSSR count). The Labute approximate surface area is 130 Å². The van der Waals surface area contributed by atoms with Gasteiger partial charge in [-0.25, -0.2) is 12.7 Å². The molecule has 0 aliphatic carbocycles. The van der Waals surface area contributed by atoms with Crippen LogP contribution in [0.3, 0.4) is 0 Å². The summed E-state index contributed by atoms with van der Waals surface area (Å²) in [6, 6.07) is 0.602. The summed E-state index contributed by atoms with van der Waals surface area (Å²) in [7, 11) is -3.00. The number of rotatable bonds is 6. The van der Waals surface area contributed by atoms with Crippen molar-refractivity contribution in [3.05, 3.63) is 0 Å². The second-order valence-electron chi connectivity index (χ2n) is 6.56. The van der Waals surface area contributed by atoms with Crippen molar-refractivity contribution < 1.29 is 8.42 Å². The lowest BCUT2D eigenvalue weighted by molar-refractivity contribution is 0.126. The van der Waals surface area contributed by atoms with Gasteiger partial charge in [0.15, 0.2) is 0 Å². The van der Waals surface area contributed by atoms with Gasteiger partial charge in [0.1, 0.15) is 0 Å². The Kier molecular flexibility index (Phi) is 6.47. The fourth-order valence-electron chi connectivity index (χ4n) is 3.31. The summed E-state index contributed by atoms with van der Waals surface area (Å²) in [6.07, 6.45) is 3.75. The summed E-state index contributed by atoms with van der Waals surface area (Å²) < 4.78 is 26.1. The van der Waals surface area contributed by atoms with Gasteiger partial charge in [-0.05, 0) is 32.1 Å². The van der Waals surface area contributed by atoms with E-state index in [1.807, 2.05) is 6.92 Å². The molecule has 0 radical (unpaired) electrons. The fraction of sp³-hybridized carbons (Fsp3) is 1.00. The van der Waals surface area contributed by atoms with Gasteiger partial charge in [-0.2, -0.15) is 0 Å². The molecule has 0 saturated carbocycles. The van der Waals surface area contributed by atoms with Crippen molar-refractivity contribution in [1.29, 1.82) is 0 Å². The monoisotopic (exact) mass is 317 g/mol. The molecular weight excluding hydrogens is 286 g/mol. The van der Waals surface area contributed by atoms with E-state index < -0.39 is 10.0 Å². The molecule has 21 heavy (non-hydrogen) atoms. The maximum absolute atomic E-state index is 12.2. The van der Waals surface area contributed by atoms with Crippen LogP contribution in [0.25, 0.3) is 0 Å². The van der Waals surface area contributed by atoms with E-state index in [0.717, 1.165) is 65.0 Å². The third-order valence-electron chi connectivity index (χ3n) is 4.85. The van der Waals surface area contributed by atoms with Crippen molar-refractivity contribution >= 4 is 10.0 Å². The van der Waals surface area contributed by atoms with E-state index in [4.69, 9.17) is 0 Å². The highest BCUT2D eigenvalue weighted by atomic mass is 32.2. The highest BCUT2D eigenvalue weighted by Gasteiger charge is 2.29. The predicted molar refractivity (Wildman–Crippen MR) is 86.9 cm³/mol. The van der Waals surface area contributed by atoms with E-state index >= 15 is 0 Å². The molecule has 0 amide bonds. The minimum Gasteiger partial charge on any atom is -0.314 e. The smallest absolute Gasteiger partial charge is 0.214 e. The Morgan fingerprint density at radius 1 is 1.19 bits per heavy atom. The first-order valence-corrected chi connectivity index (χ1v) is 10.1. The minimum absolute atomic E-state index is 0.322. The topological polar surface area (TPSA) is 52.7 Å². The molecule has 0 aromatic heterocycles. The van der Waals surface area contributed by atoms with Crippen LogP contribution in [0.4, 0.5) is 0 Å². The molecule has 5 nitrogen and oxygen atoms in total. The van der Waals surface area contributed by atoms with E-state index in [0.29, 0.717) is 17.7 Å². The number of nitrogens with zero attached hydrogens (tertiary/aromatic N) is 2. The lowest BCUT2D eigenvalue weighted by atomic mass is 9.96. The van der Waals surface area contributed by atoms with E-state index in [1.165, 1.54) is 0 Å². The largest absolute Gasteiger partial charge is 0.314 e. The molecule has 0 spiro atoms. The predicted octanol–water partition coefficient (Wildman–Crippen LogP) is 1.12. The van der Waals surface area contributed by atoms with Crippen LogP contribution in [0.15, 0.2) is 0 Å². The van der Waals surface area contributed by atoms with Crippen LogP contribution in [0.1, 0.15) is 39.5 Å². The van der Waals surface area contributed by atoms with Gasteiger partial charge in [0, 0.05) is 45.3 Å². The fourth-order valence-corrected chi connectivity index (χ4v) is 4.99. The Hall–Kier alpha value is -0.170. The van der Waals surface area contributed by atoms with Gasteiger partial charge in [-0.3, -0.25) is 4.90 Å². The maximum Gasteiger partial charge on any atom is 0.214 e. The Morgan fingerprint density at radius 3 is 2.52 bits per heavy atom. The second-order valence-corrected chi connectivity index (χ2v) is 8.65. The molecular formula is C15H31N3O2S. The van der Waals surface area contributed by atoms with Crippen LogP contribution >= 0.6 is 0 Å². The highest BCUT2D eigenvalue weighted by molar-refractivity contribution is 7.89. The third kappa shape index (κ3) is 4.91. The molecule has 1 atom stereocenters. The second kappa shape index (κ2) is 7.90. The number of nitrogens with one attached hydrogen (secondary N) is 1. The van der Waals surface area contributed by atoms with Gasteiger partial charge in [0.2, 0.25) is 10.0 Å². The quantitative estimate of drug-likeness (QED) is 0.798. The van der Waals surface area contributed by atoms with Crippen molar-refractivity contribution in [3.63, 3.8) is 0 Å². The van der Waals surface area contributed by atoms with Gasteiger partial charge in [0.05, 0.1) is 5.75 Å². The van der Waals surface area contributed by atoms with Crippen LogP contribution < -0.4 is 5.32 Å². The zero-order valence-electron chi connectivity index (χ0n) is 13.6. The van der Waals surface area contributed by atoms with Crippen LogP contribution in [-0.4, -0.2) is 68.7 Å². The number of piperazine rings is 1. The molecule has 2 saturated heterocycles. The van der Waals surface area contributed by atoms with Crippen molar-refractivity contribution in [1.82, 2.24) is 14.5 Å². The average Bonchev–Trinajstić information content (AvgIpc) is 2.48. The lowest BCUT2D eigenvalue weighted by Gasteiger charge is -2.39. The molecule has 0 aromatic carbocycles. The van der Waals surface area contributed by atoms with Crippen molar-refractivity contribution in [2.75, 3.05) is 45.0 Å². The Balaban J connectivity index is 1.77. The summed E-state index contributed by atoms with van der Waals surface area (Å²) in [5.74, 6) is 0.978. The number of piperidine rings is 1. The zero-order valence-corrected chi connectivity index (χ0v) is 14.4. The van der Waals surface area contributed by atoms with Gasteiger partial charge in [0.25, 0.3) is 0 Å². The molecule has 0 unspecified atom stereocenters. The standard InChI is InChI=1S/C15H31N3O2S/c1-3-4-11-21(19,20)18-8-5-15(6-9-18)13-17-10-7-16-12-14(17)2/h14-16H,3-13H2,1-2H3/t14-/m0/s1. The zero-order chi connectivity index (χ0) is 15.3. The Morgan fingerprint density at radius 2 is 1.90 bits per heavy atom. The van der Waals surface area contributed by atoms with Gasteiger partial charge in [-0.1, -0.05) is 13.3 Å². The van der Waals surface area contributed by atoms with Crippen molar-refractivity contribution in [2.24, 2.45) is 5.92 Å². The van der Waals surface area contributed by atoms with Crippen LogP contribution in [-0.2, 0) is 10.0 Å². The normalized spacial score (nSPS) is 27.0. The van der Waals surface area contributed by atoms with E-state index in [-0.39, 0.29) is 0 Å². The molecule has 0 bridgehead atoms. The molecule has 6 heteroatoms. The molecule has 2 aliphatic rings. The minimum atomic E-state index is -3.00. The number of hydrogen-bond donors (Lipinski definition) is 1. The first kappa shape index (κ1) is 17.2. The summed E-state index contributed by atoms with van der Waals surface area (Å²) in [5.41, 5.74) is 0. The van der Waals surface area contributed by atoms with Crippen LogP contribution in [0, 0.1) is 5.92 Å². The summed E-state index contributed by atoms with van der Waals surface area (Å²) in [4.78, 5) is 2.56. The van der Waals surface area contributed by atoms with Crippen LogP contribution in [0.2, 0.25) is 0 Å². The number of hydrogen-bond acceptors (Lipinski definition) is 4. The van der Waals surface area contributed by atoms with Gasteiger partial charge in [-0.15, -0.1) is 0 Å². The summed E-state index contributed by atoms with van der Waals surface area (Å²) in [5, 5.41) is 3.42. The molecule has 2 aliphatic heterocycles. The van der Waals surface area contributed by atoms with E-state index in [2.05, 4.69) is 17.1 Å². The number of sulfonamides is 1. The molecule has 1 N–H and O–H groups in total. The van der Waals surface area contributed by atoms with Crippen LogP contribution in [0.5, 0.6) is 0 Å². The van der Waals surface area contributed by atoms with E-state index in [9.17, 15) is 8.42 Å². The first-order valence-electron chi connectivity index (χ1n) is 8.45. The first-order chi connectivity index (χ1) is 10.0. The summed E-state index contributed by atoms with van der Waals surface area (Å²) in [6.45, 7) is 10.2. The van der Waals surface area contributed by atoms with Crippen molar-refractivity contribution in [2.45, 2.75) is 45.6 Å². The molecule has 2 fully saturated rings. The van der Waals surface area contributed by atoms with Gasteiger partial charge >= 0.3 is 0 Å². The molecule has 0 aromatic rings. The van der Waals surface area contributed by atoms with Gasteiger partial charge < -0.3 is 5.32 Å². The maximum atomic E-state index is 12.2. The lowest BCUT2D eigenvalue weighted by Crippen LogP contribution is -2.52. The summed E-state index contributed by atoms with van der Waals surface area (Å²) >= 11 is 0. The van der Waals surface area contributed by atoms with Crippen molar-refractivity contribution in [3.8, 4) is 0 Å². The molecule has 124 valence electrons. The Bertz CT molecular complexity index is 405. The van der Waals surface area contributed by atoms with E-state index in [1.54, 1.807) is 4.31 Å². The SMILES string of the molecule is CCCCS(=O)(=O)N1CCC(CN2CCNC[C@@H]2C)CC1. The average molecular weight is 317 g/mol.